The number of aliphatic imine (C=N–C) groups is 1. The molecule has 2 N–H and O–H groups in total. The summed E-state index contributed by atoms with van der Waals surface area (Å²) in [4.78, 5) is 5.13. The number of fused-ring (bicyclic) bond motifs is 2. The van der Waals surface area contributed by atoms with Gasteiger partial charge in [-0.05, 0) is 42.5 Å². The zero-order valence-corrected chi connectivity index (χ0v) is 21.6. The van der Waals surface area contributed by atoms with Crippen LogP contribution in [-0.4, -0.2) is 42.8 Å². The van der Waals surface area contributed by atoms with Gasteiger partial charge >= 0.3 is 0 Å². The molecule has 190 valence electrons. The maximum atomic E-state index is 12.4. The van der Waals surface area contributed by atoms with E-state index in [0.717, 1.165) is 28.9 Å². The molecule has 0 saturated carbocycles. The number of aliphatic hydroxyl groups is 1. The van der Waals surface area contributed by atoms with Gasteiger partial charge in [-0.1, -0.05) is 84.9 Å². The highest BCUT2D eigenvalue weighted by atomic mass is 16.5. The summed E-state index contributed by atoms with van der Waals surface area (Å²) in [5, 5.41) is 16.2. The zero-order chi connectivity index (χ0) is 25.6. The Hall–Kier alpha value is -3.41. The van der Waals surface area contributed by atoms with Crippen molar-refractivity contribution in [2.75, 3.05) is 20.3 Å². The number of nitrogens with one attached hydrogen (secondary N) is 1. The second-order valence-electron chi connectivity index (χ2n) is 10.9. The Morgan fingerprint density at radius 3 is 2.35 bits per heavy atom. The predicted octanol–water partition coefficient (Wildman–Crippen LogP) is 5.07. The van der Waals surface area contributed by atoms with E-state index < -0.39 is 11.5 Å². The van der Waals surface area contributed by atoms with E-state index in [9.17, 15) is 5.11 Å². The van der Waals surface area contributed by atoms with Gasteiger partial charge in [0.05, 0.1) is 18.8 Å². The van der Waals surface area contributed by atoms with Crippen molar-refractivity contribution < 1.29 is 14.6 Å². The van der Waals surface area contributed by atoms with Crippen LogP contribution in [0.5, 0.6) is 0 Å². The van der Waals surface area contributed by atoms with Crippen molar-refractivity contribution in [1.82, 2.24) is 5.32 Å². The minimum Gasteiger partial charge on any atom is -0.496 e. The molecule has 0 bridgehead atoms. The fraction of sp³-hybridized carbons (Fsp3) is 0.344. The molecule has 3 aliphatic rings. The van der Waals surface area contributed by atoms with Crippen molar-refractivity contribution in [3.8, 4) is 0 Å². The van der Waals surface area contributed by atoms with Crippen molar-refractivity contribution in [3.63, 3.8) is 0 Å². The maximum Gasteiger partial charge on any atom is 0.198 e. The van der Waals surface area contributed by atoms with Crippen molar-refractivity contribution in [3.05, 3.63) is 113 Å². The van der Waals surface area contributed by atoms with Crippen LogP contribution in [0.2, 0.25) is 0 Å². The second kappa shape index (κ2) is 9.16. The molecule has 2 heterocycles. The molecule has 0 spiro atoms. The summed E-state index contributed by atoms with van der Waals surface area (Å²) in [6.45, 7) is 5.33. The van der Waals surface area contributed by atoms with Crippen LogP contribution in [0.3, 0.4) is 0 Å². The lowest BCUT2D eigenvalue weighted by atomic mass is 9.58. The fourth-order valence-electron chi connectivity index (χ4n) is 6.50. The Kier molecular flexibility index (Phi) is 5.93. The van der Waals surface area contributed by atoms with E-state index in [1.165, 1.54) is 11.1 Å². The molecule has 0 amide bonds. The molecule has 1 fully saturated rings. The predicted molar refractivity (Wildman–Crippen MR) is 146 cm³/mol. The smallest absolute Gasteiger partial charge is 0.198 e. The molecule has 2 unspecified atom stereocenters. The number of nitrogens with zero attached hydrogens (tertiary/aromatic N) is 1. The molecular formula is C32H34N2O3. The van der Waals surface area contributed by atoms with Crippen LogP contribution in [0.4, 0.5) is 0 Å². The lowest BCUT2D eigenvalue weighted by molar-refractivity contribution is 0.0764. The van der Waals surface area contributed by atoms with E-state index in [2.05, 4.69) is 55.6 Å². The van der Waals surface area contributed by atoms with Crippen LogP contribution in [0.1, 0.15) is 42.2 Å². The molecule has 5 nitrogen and oxygen atoms in total. The number of benzene rings is 3. The van der Waals surface area contributed by atoms with Crippen LogP contribution >= 0.6 is 0 Å². The minimum atomic E-state index is -0.901. The highest BCUT2D eigenvalue weighted by molar-refractivity contribution is 5.95. The van der Waals surface area contributed by atoms with Crippen molar-refractivity contribution in [2.24, 2.45) is 10.9 Å². The summed E-state index contributed by atoms with van der Waals surface area (Å²) < 4.78 is 12.6. The van der Waals surface area contributed by atoms with Gasteiger partial charge in [-0.3, -0.25) is 0 Å². The maximum absolute atomic E-state index is 12.4. The summed E-state index contributed by atoms with van der Waals surface area (Å²) >= 11 is 0. The number of rotatable bonds is 6. The lowest BCUT2D eigenvalue weighted by Crippen LogP contribution is -2.52. The van der Waals surface area contributed by atoms with Gasteiger partial charge in [0.2, 0.25) is 0 Å². The quantitative estimate of drug-likeness (QED) is 0.503. The number of methoxy groups -OCH3 is 1. The molecule has 0 aromatic heterocycles. The summed E-state index contributed by atoms with van der Waals surface area (Å²) in [6.07, 6.45) is -0.0314. The van der Waals surface area contributed by atoms with Gasteiger partial charge in [0.15, 0.2) is 5.90 Å². The van der Waals surface area contributed by atoms with Crippen LogP contribution < -0.4 is 5.32 Å². The Morgan fingerprint density at radius 1 is 1.00 bits per heavy atom. The van der Waals surface area contributed by atoms with E-state index in [4.69, 9.17) is 14.5 Å². The molecule has 1 aliphatic carbocycles. The third-order valence-electron chi connectivity index (χ3n) is 8.10. The Bertz CT molecular complexity index is 1350. The number of ether oxygens (including phenoxy) is 2. The van der Waals surface area contributed by atoms with Crippen LogP contribution in [0.15, 0.2) is 95.5 Å². The number of aliphatic hydroxyl groups excluding tert-OH is 1. The summed E-state index contributed by atoms with van der Waals surface area (Å²) in [7, 11) is 1.75. The third-order valence-corrected chi connectivity index (χ3v) is 8.10. The standard InChI is InChI=1S/C32H34N2O3/c1-31(2)20-37-30(34-31)32(29(35)22-14-8-5-9-15-22)24-17-11-10-16-23(24)28(36-3)27-25(32)19-33-26(27)18-21-12-6-4-7-13-21/h4-17,25-26,29,33,35H,18-20H2,1-3H3/t25-,26?,29?,32-/m0/s1. The first-order valence-corrected chi connectivity index (χ1v) is 13.1. The highest BCUT2D eigenvalue weighted by Crippen LogP contribution is 2.57. The lowest BCUT2D eigenvalue weighted by Gasteiger charge is -2.47. The van der Waals surface area contributed by atoms with Gasteiger partial charge in [0.1, 0.15) is 17.8 Å². The third kappa shape index (κ3) is 3.80. The molecule has 2 aliphatic heterocycles. The van der Waals surface area contributed by atoms with Crippen molar-refractivity contribution in [2.45, 2.75) is 43.4 Å². The van der Waals surface area contributed by atoms with E-state index in [0.29, 0.717) is 19.0 Å². The summed E-state index contributed by atoms with van der Waals surface area (Å²) in [6, 6.07) is 28.8. The van der Waals surface area contributed by atoms with Crippen molar-refractivity contribution in [1.29, 1.82) is 0 Å². The SMILES string of the molecule is COC1=C2C(Cc3ccccc3)NC[C@@H]2[C@](C2=NC(C)(C)CO2)(C(O)c2ccccc2)c2ccccc21. The first-order chi connectivity index (χ1) is 18.0. The van der Waals surface area contributed by atoms with E-state index >= 15 is 0 Å². The van der Waals surface area contributed by atoms with Gasteiger partial charge in [-0.25, -0.2) is 4.99 Å². The topological polar surface area (TPSA) is 63.1 Å². The zero-order valence-electron chi connectivity index (χ0n) is 21.6. The second-order valence-corrected chi connectivity index (χ2v) is 10.9. The van der Waals surface area contributed by atoms with E-state index in [-0.39, 0.29) is 17.5 Å². The Morgan fingerprint density at radius 2 is 1.68 bits per heavy atom. The van der Waals surface area contributed by atoms with Crippen molar-refractivity contribution >= 4 is 11.7 Å². The van der Waals surface area contributed by atoms with Crippen LogP contribution in [0, 0.1) is 5.92 Å². The average molecular weight is 495 g/mol. The molecule has 5 heteroatoms. The molecule has 6 rings (SSSR count). The minimum absolute atomic E-state index is 0.0630. The summed E-state index contributed by atoms with van der Waals surface area (Å²) in [5.41, 5.74) is 4.00. The van der Waals surface area contributed by atoms with E-state index in [1.807, 2.05) is 48.5 Å². The Balaban J connectivity index is 1.61. The molecule has 3 aromatic rings. The first kappa shape index (κ1) is 24.0. The highest BCUT2D eigenvalue weighted by Gasteiger charge is 2.61. The first-order valence-electron chi connectivity index (χ1n) is 13.1. The number of hydrogen-bond acceptors (Lipinski definition) is 5. The largest absolute Gasteiger partial charge is 0.496 e. The summed E-state index contributed by atoms with van der Waals surface area (Å²) in [5.74, 6) is 1.40. The molecular weight excluding hydrogens is 460 g/mol. The molecule has 4 atom stereocenters. The van der Waals surface area contributed by atoms with Crippen LogP contribution in [0.25, 0.3) is 5.76 Å². The number of hydrogen-bond donors (Lipinski definition) is 2. The molecule has 3 aromatic carbocycles. The van der Waals surface area contributed by atoms with Gasteiger partial charge in [0.25, 0.3) is 0 Å². The van der Waals surface area contributed by atoms with E-state index in [1.54, 1.807) is 7.11 Å². The molecule has 37 heavy (non-hydrogen) atoms. The molecule has 1 saturated heterocycles. The van der Waals surface area contributed by atoms with Gasteiger partial charge in [0, 0.05) is 24.1 Å². The average Bonchev–Trinajstić information content (AvgIpc) is 3.51. The normalized spacial score (nSPS) is 26.6. The Labute approximate surface area is 218 Å². The molecule has 0 radical (unpaired) electrons. The van der Waals surface area contributed by atoms with Gasteiger partial charge < -0.3 is 19.9 Å². The van der Waals surface area contributed by atoms with Gasteiger partial charge in [-0.15, -0.1) is 0 Å². The van der Waals surface area contributed by atoms with Gasteiger partial charge in [-0.2, -0.15) is 0 Å². The van der Waals surface area contributed by atoms with Crippen LogP contribution in [-0.2, 0) is 21.3 Å². The fourth-order valence-corrected chi connectivity index (χ4v) is 6.50. The monoisotopic (exact) mass is 494 g/mol.